The van der Waals surface area contributed by atoms with Crippen molar-refractivity contribution in [1.82, 2.24) is 25.3 Å². The van der Waals surface area contributed by atoms with Gasteiger partial charge in [0, 0.05) is 31.7 Å². The number of benzene rings is 1. The first-order valence-electron chi connectivity index (χ1n) is 11.0. The Labute approximate surface area is 207 Å². The Kier molecular flexibility index (Phi) is 7.91. The van der Waals surface area contributed by atoms with Gasteiger partial charge in [-0.15, -0.1) is 0 Å². The van der Waals surface area contributed by atoms with Crippen molar-refractivity contribution < 1.29 is 19.7 Å². The molecule has 11 nitrogen and oxygen atoms in total. The fourth-order valence-corrected chi connectivity index (χ4v) is 4.08. The van der Waals surface area contributed by atoms with Crippen LogP contribution in [0.4, 0.5) is 11.8 Å². The van der Waals surface area contributed by atoms with Crippen molar-refractivity contribution >= 4 is 29.3 Å². The first-order chi connectivity index (χ1) is 17.0. The van der Waals surface area contributed by atoms with Gasteiger partial charge < -0.3 is 30.5 Å². The van der Waals surface area contributed by atoms with Crippen LogP contribution < -0.4 is 20.3 Å². The number of hydrogen-bond donors (Lipinski definition) is 4. The summed E-state index contributed by atoms with van der Waals surface area (Å²) < 4.78 is 5.20. The topological polar surface area (TPSA) is 146 Å². The normalized spacial score (nSPS) is 17.3. The van der Waals surface area contributed by atoms with Crippen LogP contribution in [0.1, 0.15) is 28.2 Å². The van der Waals surface area contributed by atoms with Crippen molar-refractivity contribution in [3.63, 3.8) is 0 Å². The van der Waals surface area contributed by atoms with Crippen molar-refractivity contribution in [2.75, 3.05) is 30.5 Å². The number of hydrogen-bond acceptors (Lipinski definition) is 10. The van der Waals surface area contributed by atoms with E-state index in [4.69, 9.17) is 16.3 Å². The number of aromatic nitrogens is 4. The van der Waals surface area contributed by atoms with Crippen LogP contribution in [0.25, 0.3) is 0 Å². The van der Waals surface area contributed by atoms with Crippen molar-refractivity contribution in [2.24, 2.45) is 0 Å². The molecule has 35 heavy (non-hydrogen) atoms. The van der Waals surface area contributed by atoms with Gasteiger partial charge in [-0.1, -0.05) is 17.7 Å². The number of ether oxygens (including phenoxy) is 1. The van der Waals surface area contributed by atoms with E-state index in [1.807, 2.05) is 6.07 Å². The van der Waals surface area contributed by atoms with Gasteiger partial charge in [0.2, 0.25) is 5.95 Å². The summed E-state index contributed by atoms with van der Waals surface area (Å²) in [5.74, 6) is 1.23. The number of amides is 1. The maximum absolute atomic E-state index is 13.0. The van der Waals surface area contributed by atoms with Crippen molar-refractivity contribution in [1.29, 1.82) is 0 Å². The van der Waals surface area contributed by atoms with Crippen LogP contribution in [0.3, 0.4) is 0 Å². The smallest absolute Gasteiger partial charge is 0.256 e. The van der Waals surface area contributed by atoms with Gasteiger partial charge in [0.1, 0.15) is 23.0 Å². The molecule has 1 amide bonds. The quantitative estimate of drug-likeness (QED) is 0.340. The number of carbonyl (C=O) groups excluding carboxylic acids is 1. The van der Waals surface area contributed by atoms with Crippen molar-refractivity contribution in [2.45, 2.75) is 31.7 Å². The molecule has 0 aliphatic carbocycles. The van der Waals surface area contributed by atoms with Crippen LogP contribution in [-0.2, 0) is 13.1 Å². The van der Waals surface area contributed by atoms with Crippen LogP contribution in [-0.4, -0.2) is 68.5 Å². The zero-order chi connectivity index (χ0) is 24.8. The van der Waals surface area contributed by atoms with Gasteiger partial charge >= 0.3 is 0 Å². The molecule has 2 atom stereocenters. The molecule has 2 aromatic heterocycles. The second-order valence-electron chi connectivity index (χ2n) is 7.98. The van der Waals surface area contributed by atoms with E-state index in [0.717, 1.165) is 5.56 Å². The van der Waals surface area contributed by atoms with Crippen LogP contribution in [0.15, 0.2) is 42.9 Å². The number of aliphatic hydroxyl groups excluding tert-OH is 2. The minimum absolute atomic E-state index is 0.139. The maximum Gasteiger partial charge on any atom is 0.256 e. The van der Waals surface area contributed by atoms with E-state index in [0.29, 0.717) is 41.3 Å². The standard InChI is InChI=1S/C23H26ClN7O4/c1-35-19-4-3-14(7-18(19)24)9-27-21-17(22(34)28-11-20-25-5-2-6-26-20)10-29-23(30-21)31-12-16(33)8-15(31)13-32/h2-7,10,15-16,32-33H,8-9,11-13H2,1H3,(H,28,34)(H,27,29,30)/t15-,16+/m0/s1. The van der Waals surface area contributed by atoms with E-state index in [-0.39, 0.29) is 31.3 Å². The number of methoxy groups -OCH3 is 1. The van der Waals surface area contributed by atoms with E-state index in [9.17, 15) is 15.0 Å². The van der Waals surface area contributed by atoms with Crippen LogP contribution in [0, 0.1) is 0 Å². The molecule has 3 heterocycles. The SMILES string of the molecule is COc1ccc(CNc2nc(N3C[C@H](O)C[C@H]3CO)ncc2C(=O)NCc2ncccn2)cc1Cl. The van der Waals surface area contributed by atoms with Gasteiger partial charge in [-0.05, 0) is 30.2 Å². The Balaban J connectivity index is 1.58. The van der Waals surface area contributed by atoms with Crippen LogP contribution >= 0.6 is 11.6 Å². The Morgan fingerprint density at radius 3 is 2.77 bits per heavy atom. The third-order valence-corrected chi connectivity index (χ3v) is 5.88. The van der Waals surface area contributed by atoms with Gasteiger partial charge in [0.05, 0.1) is 37.4 Å². The summed E-state index contributed by atoms with van der Waals surface area (Å²) in [5.41, 5.74) is 1.08. The van der Waals surface area contributed by atoms with Gasteiger partial charge in [-0.2, -0.15) is 4.98 Å². The number of β-amino-alcohol motifs (C(OH)–C–C–N with tert-alkyl or cyclic N) is 1. The maximum atomic E-state index is 13.0. The highest BCUT2D eigenvalue weighted by Crippen LogP contribution is 2.27. The summed E-state index contributed by atoms with van der Waals surface area (Å²) in [4.78, 5) is 31.8. The highest BCUT2D eigenvalue weighted by molar-refractivity contribution is 6.32. The lowest BCUT2D eigenvalue weighted by atomic mass is 10.2. The van der Waals surface area contributed by atoms with Gasteiger partial charge in [-0.25, -0.2) is 15.0 Å². The molecule has 3 aromatic rings. The lowest BCUT2D eigenvalue weighted by Gasteiger charge is -2.23. The third kappa shape index (κ3) is 5.94. The van der Waals surface area contributed by atoms with Gasteiger partial charge in [0.15, 0.2) is 0 Å². The summed E-state index contributed by atoms with van der Waals surface area (Å²) in [6, 6.07) is 6.76. The predicted molar refractivity (Wildman–Crippen MR) is 129 cm³/mol. The highest BCUT2D eigenvalue weighted by Gasteiger charge is 2.32. The molecule has 184 valence electrons. The lowest BCUT2D eigenvalue weighted by Crippen LogP contribution is -2.34. The van der Waals surface area contributed by atoms with E-state index in [1.54, 1.807) is 42.6 Å². The second kappa shape index (κ2) is 11.3. The zero-order valence-corrected chi connectivity index (χ0v) is 19.8. The summed E-state index contributed by atoms with van der Waals surface area (Å²) in [5, 5.41) is 26.2. The molecular weight excluding hydrogens is 474 g/mol. The monoisotopic (exact) mass is 499 g/mol. The molecule has 0 radical (unpaired) electrons. The van der Waals surface area contributed by atoms with E-state index in [2.05, 4.69) is 30.6 Å². The number of carbonyl (C=O) groups is 1. The molecule has 1 aliphatic heterocycles. The molecule has 4 N–H and O–H groups in total. The Bertz CT molecular complexity index is 1170. The molecular formula is C23H26ClN7O4. The summed E-state index contributed by atoms with van der Waals surface area (Å²) in [6.45, 7) is 0.608. The highest BCUT2D eigenvalue weighted by atomic mass is 35.5. The van der Waals surface area contributed by atoms with E-state index >= 15 is 0 Å². The molecule has 0 spiro atoms. The van der Waals surface area contributed by atoms with E-state index < -0.39 is 12.0 Å². The molecule has 0 bridgehead atoms. The Hall–Kier alpha value is -3.54. The summed E-state index contributed by atoms with van der Waals surface area (Å²) in [6.07, 6.45) is 4.43. The molecule has 0 saturated carbocycles. The zero-order valence-electron chi connectivity index (χ0n) is 19.1. The summed E-state index contributed by atoms with van der Waals surface area (Å²) >= 11 is 6.24. The first kappa shape index (κ1) is 24.6. The Morgan fingerprint density at radius 2 is 2.06 bits per heavy atom. The molecule has 1 fully saturated rings. The van der Waals surface area contributed by atoms with E-state index in [1.165, 1.54) is 6.20 Å². The minimum atomic E-state index is -0.595. The minimum Gasteiger partial charge on any atom is -0.495 e. The van der Waals surface area contributed by atoms with Gasteiger partial charge in [0.25, 0.3) is 5.91 Å². The molecule has 1 aliphatic rings. The number of anilines is 2. The summed E-state index contributed by atoms with van der Waals surface area (Å²) in [7, 11) is 1.54. The molecule has 1 saturated heterocycles. The molecule has 1 aromatic carbocycles. The van der Waals surface area contributed by atoms with Crippen molar-refractivity contribution in [3.05, 3.63) is 64.8 Å². The lowest BCUT2D eigenvalue weighted by molar-refractivity contribution is 0.0950. The van der Waals surface area contributed by atoms with Crippen LogP contribution in [0.2, 0.25) is 5.02 Å². The number of halogens is 1. The molecule has 12 heteroatoms. The fraction of sp³-hybridized carbons (Fsp3) is 0.348. The predicted octanol–water partition coefficient (Wildman–Crippen LogP) is 1.40. The largest absolute Gasteiger partial charge is 0.495 e. The average molecular weight is 500 g/mol. The number of aliphatic hydroxyl groups is 2. The Morgan fingerprint density at radius 1 is 1.26 bits per heavy atom. The third-order valence-electron chi connectivity index (χ3n) is 5.58. The first-order valence-corrected chi connectivity index (χ1v) is 11.4. The van der Waals surface area contributed by atoms with Crippen molar-refractivity contribution in [3.8, 4) is 5.75 Å². The second-order valence-corrected chi connectivity index (χ2v) is 8.39. The number of nitrogens with one attached hydrogen (secondary N) is 2. The number of rotatable bonds is 9. The molecule has 0 unspecified atom stereocenters. The van der Waals surface area contributed by atoms with Gasteiger partial charge in [-0.3, -0.25) is 4.79 Å². The fourth-order valence-electron chi connectivity index (χ4n) is 3.80. The number of nitrogens with zero attached hydrogens (tertiary/aromatic N) is 5. The average Bonchev–Trinajstić information content (AvgIpc) is 3.27. The van der Waals surface area contributed by atoms with Crippen LogP contribution in [0.5, 0.6) is 5.75 Å². The molecule has 4 rings (SSSR count).